The Morgan fingerprint density at radius 3 is 2.55 bits per heavy atom. The molecule has 1 N–H and O–H groups in total. The Morgan fingerprint density at radius 1 is 1.05 bits per heavy atom. The topological polar surface area (TPSA) is 38.3 Å². The summed E-state index contributed by atoms with van der Waals surface area (Å²) in [6, 6.07) is 13.1. The van der Waals surface area contributed by atoms with Crippen LogP contribution in [0.1, 0.15) is 12.0 Å². The van der Waals surface area contributed by atoms with Gasteiger partial charge in [-0.3, -0.25) is 4.79 Å². The van der Waals surface area contributed by atoms with Gasteiger partial charge in [0.1, 0.15) is 5.75 Å². The summed E-state index contributed by atoms with van der Waals surface area (Å²) in [6.07, 6.45) is 1.70. The second-order valence-corrected chi connectivity index (χ2v) is 4.80. The van der Waals surface area contributed by atoms with Crippen molar-refractivity contribution in [1.82, 2.24) is 5.32 Å². The van der Waals surface area contributed by atoms with Crippen LogP contribution in [0.15, 0.2) is 48.5 Å². The quantitative estimate of drug-likeness (QED) is 0.798. The number of nitrogens with one attached hydrogen (secondary N) is 1. The molecule has 0 saturated carbocycles. The van der Waals surface area contributed by atoms with Crippen LogP contribution >= 0.6 is 0 Å². The predicted molar refractivity (Wildman–Crippen MR) is 79.6 cm³/mol. The van der Waals surface area contributed by atoms with E-state index in [1.54, 1.807) is 0 Å². The van der Waals surface area contributed by atoms with Gasteiger partial charge in [-0.1, -0.05) is 30.3 Å². The van der Waals surface area contributed by atoms with Crippen molar-refractivity contribution in [3.8, 4) is 5.75 Å². The Morgan fingerprint density at radius 2 is 1.82 bits per heavy atom. The predicted octanol–water partition coefficient (Wildman–Crippen LogP) is 3.09. The number of carbonyl (C=O) groups excluding carboxylic acids is 1. The van der Waals surface area contributed by atoms with Gasteiger partial charge in [0.15, 0.2) is 18.2 Å². The van der Waals surface area contributed by atoms with Gasteiger partial charge in [-0.05, 0) is 30.5 Å². The summed E-state index contributed by atoms with van der Waals surface area (Å²) in [4.78, 5) is 11.6. The summed E-state index contributed by atoms with van der Waals surface area (Å²) in [5, 5.41) is 2.72. The molecule has 22 heavy (non-hydrogen) atoms. The second kappa shape index (κ2) is 8.12. The molecule has 0 saturated heterocycles. The van der Waals surface area contributed by atoms with E-state index in [0.717, 1.165) is 25.0 Å². The molecule has 1 amide bonds. The first kappa shape index (κ1) is 15.9. The van der Waals surface area contributed by atoms with E-state index in [1.807, 2.05) is 30.3 Å². The fourth-order valence-electron chi connectivity index (χ4n) is 1.93. The maximum absolute atomic E-state index is 13.0. The lowest BCUT2D eigenvalue weighted by Gasteiger charge is -2.08. The molecule has 116 valence electrons. The van der Waals surface area contributed by atoms with Gasteiger partial charge >= 0.3 is 0 Å². The lowest BCUT2D eigenvalue weighted by Crippen LogP contribution is -2.29. The molecule has 2 aromatic carbocycles. The maximum atomic E-state index is 13.0. The highest BCUT2D eigenvalue weighted by Gasteiger charge is 2.06. The lowest BCUT2D eigenvalue weighted by molar-refractivity contribution is -0.123. The van der Waals surface area contributed by atoms with Crippen molar-refractivity contribution >= 4 is 5.91 Å². The van der Waals surface area contributed by atoms with Gasteiger partial charge in [-0.25, -0.2) is 8.78 Å². The molecule has 0 aliphatic carbocycles. The van der Waals surface area contributed by atoms with Crippen LogP contribution in [0.3, 0.4) is 0 Å². The molecule has 0 spiro atoms. The minimum Gasteiger partial charge on any atom is -0.484 e. The van der Waals surface area contributed by atoms with Crippen LogP contribution in [0.5, 0.6) is 5.75 Å². The third-order valence-electron chi connectivity index (χ3n) is 3.07. The van der Waals surface area contributed by atoms with Gasteiger partial charge < -0.3 is 10.1 Å². The van der Waals surface area contributed by atoms with Gasteiger partial charge in [-0.15, -0.1) is 0 Å². The molecule has 5 heteroatoms. The van der Waals surface area contributed by atoms with Crippen LogP contribution < -0.4 is 10.1 Å². The van der Waals surface area contributed by atoms with Crippen LogP contribution in [-0.2, 0) is 11.2 Å². The molecule has 3 nitrogen and oxygen atoms in total. The molecule has 0 fully saturated rings. The molecule has 2 aromatic rings. The molecule has 2 rings (SSSR count). The van der Waals surface area contributed by atoms with Gasteiger partial charge in [0.2, 0.25) is 0 Å². The smallest absolute Gasteiger partial charge is 0.257 e. The first-order valence-electron chi connectivity index (χ1n) is 7.03. The molecule has 0 bridgehead atoms. The second-order valence-electron chi connectivity index (χ2n) is 4.80. The lowest BCUT2D eigenvalue weighted by atomic mass is 10.1. The number of hydrogen-bond acceptors (Lipinski definition) is 2. The Balaban J connectivity index is 1.64. The minimum atomic E-state index is -0.999. The average molecular weight is 305 g/mol. The van der Waals surface area contributed by atoms with E-state index in [4.69, 9.17) is 4.74 Å². The Kier molecular flexibility index (Phi) is 5.89. The van der Waals surface area contributed by atoms with Gasteiger partial charge in [0.25, 0.3) is 5.91 Å². The normalized spacial score (nSPS) is 10.3. The minimum absolute atomic E-state index is 0.123. The van der Waals surface area contributed by atoms with Crippen LogP contribution in [0.4, 0.5) is 8.78 Å². The van der Waals surface area contributed by atoms with Crippen LogP contribution in [-0.4, -0.2) is 19.1 Å². The molecular weight excluding hydrogens is 288 g/mol. The summed E-state index contributed by atoms with van der Waals surface area (Å²) in [5.74, 6) is -2.12. The van der Waals surface area contributed by atoms with Crippen LogP contribution in [0, 0.1) is 11.6 Å². The van der Waals surface area contributed by atoms with Gasteiger partial charge in [-0.2, -0.15) is 0 Å². The third kappa shape index (κ3) is 5.16. The van der Waals surface area contributed by atoms with E-state index in [0.29, 0.717) is 6.54 Å². The molecule has 0 heterocycles. The molecule has 0 aliphatic heterocycles. The number of halogens is 2. The number of benzene rings is 2. The van der Waals surface area contributed by atoms with Crippen molar-refractivity contribution in [3.05, 3.63) is 65.7 Å². The largest absolute Gasteiger partial charge is 0.484 e. The van der Waals surface area contributed by atoms with Crippen molar-refractivity contribution in [2.45, 2.75) is 12.8 Å². The number of carbonyl (C=O) groups is 1. The summed E-state index contributed by atoms with van der Waals surface area (Å²) in [7, 11) is 0. The summed E-state index contributed by atoms with van der Waals surface area (Å²) < 4.78 is 30.8. The van der Waals surface area contributed by atoms with Crippen molar-refractivity contribution in [3.63, 3.8) is 0 Å². The van der Waals surface area contributed by atoms with E-state index in [2.05, 4.69) is 5.32 Å². The first-order chi connectivity index (χ1) is 10.6. The van der Waals surface area contributed by atoms with Crippen LogP contribution in [0.25, 0.3) is 0 Å². The summed E-state index contributed by atoms with van der Waals surface area (Å²) >= 11 is 0. The van der Waals surface area contributed by atoms with E-state index >= 15 is 0 Å². The highest BCUT2D eigenvalue weighted by atomic mass is 19.2. The van der Waals surface area contributed by atoms with Crippen molar-refractivity contribution < 1.29 is 18.3 Å². The van der Waals surface area contributed by atoms with E-state index in [9.17, 15) is 13.6 Å². The van der Waals surface area contributed by atoms with Crippen LogP contribution in [0.2, 0.25) is 0 Å². The molecule has 0 aliphatic rings. The first-order valence-corrected chi connectivity index (χ1v) is 7.03. The SMILES string of the molecule is O=C(COc1ccc(F)c(F)c1)NCCCc1ccccc1. The number of rotatable bonds is 7. The average Bonchev–Trinajstić information content (AvgIpc) is 2.54. The van der Waals surface area contributed by atoms with Crippen molar-refractivity contribution in [2.75, 3.05) is 13.2 Å². The Labute approximate surface area is 127 Å². The fraction of sp³-hybridized carbons (Fsp3) is 0.235. The van der Waals surface area contributed by atoms with Crippen molar-refractivity contribution in [1.29, 1.82) is 0 Å². The third-order valence-corrected chi connectivity index (χ3v) is 3.07. The Bertz CT molecular complexity index is 617. The van der Waals surface area contributed by atoms with Crippen molar-refractivity contribution in [2.24, 2.45) is 0 Å². The zero-order chi connectivity index (χ0) is 15.8. The zero-order valence-electron chi connectivity index (χ0n) is 12.0. The standard InChI is InChI=1S/C17H17F2NO2/c18-15-9-8-14(11-16(15)19)22-12-17(21)20-10-4-7-13-5-2-1-3-6-13/h1-3,5-6,8-9,11H,4,7,10,12H2,(H,20,21). The fourth-order valence-corrected chi connectivity index (χ4v) is 1.93. The number of hydrogen-bond donors (Lipinski definition) is 1. The number of aryl methyl sites for hydroxylation is 1. The zero-order valence-corrected chi connectivity index (χ0v) is 12.0. The van der Waals surface area contributed by atoms with E-state index in [1.165, 1.54) is 11.6 Å². The summed E-state index contributed by atoms with van der Waals surface area (Å²) in [6.45, 7) is 0.311. The van der Waals surface area contributed by atoms with E-state index in [-0.39, 0.29) is 18.3 Å². The Hall–Kier alpha value is -2.43. The molecule has 0 radical (unpaired) electrons. The highest BCUT2D eigenvalue weighted by Crippen LogP contribution is 2.15. The van der Waals surface area contributed by atoms with Gasteiger partial charge in [0, 0.05) is 12.6 Å². The van der Waals surface area contributed by atoms with Gasteiger partial charge in [0.05, 0.1) is 0 Å². The maximum Gasteiger partial charge on any atom is 0.257 e. The number of ether oxygens (including phenoxy) is 1. The molecular formula is C17H17F2NO2. The monoisotopic (exact) mass is 305 g/mol. The number of amides is 1. The molecule has 0 atom stereocenters. The molecule has 0 unspecified atom stereocenters. The van der Waals surface area contributed by atoms with E-state index < -0.39 is 11.6 Å². The molecule has 0 aromatic heterocycles. The summed E-state index contributed by atoms with van der Waals surface area (Å²) in [5.41, 5.74) is 1.22. The highest BCUT2D eigenvalue weighted by molar-refractivity contribution is 5.77.